The number of benzene rings is 1. The fourth-order valence-corrected chi connectivity index (χ4v) is 2.91. The number of piperidine rings is 1. The van der Waals surface area contributed by atoms with Crippen LogP contribution in [0.15, 0.2) is 18.2 Å². The summed E-state index contributed by atoms with van der Waals surface area (Å²) in [4.78, 5) is 26.0. The Balaban J connectivity index is 1.45. The van der Waals surface area contributed by atoms with Crippen molar-refractivity contribution in [2.45, 2.75) is 38.6 Å². The van der Waals surface area contributed by atoms with E-state index in [0.717, 1.165) is 25.7 Å². The van der Waals surface area contributed by atoms with Crippen LogP contribution in [0.25, 0.3) is 0 Å². The molecule has 0 atom stereocenters. The van der Waals surface area contributed by atoms with Crippen LogP contribution in [0.4, 0.5) is 4.79 Å². The normalized spacial score (nSPS) is 16.6. The predicted octanol–water partition coefficient (Wildman–Crippen LogP) is 2.55. The van der Waals surface area contributed by atoms with Crippen molar-refractivity contribution >= 4 is 12.0 Å². The summed E-state index contributed by atoms with van der Waals surface area (Å²) in [6.07, 6.45) is 3.07. The lowest BCUT2D eigenvalue weighted by Gasteiger charge is -2.31. The highest BCUT2D eigenvalue weighted by Gasteiger charge is 2.25. The van der Waals surface area contributed by atoms with E-state index in [-0.39, 0.29) is 24.8 Å². The third kappa shape index (κ3) is 4.35. The van der Waals surface area contributed by atoms with E-state index in [2.05, 4.69) is 12.2 Å². The lowest BCUT2D eigenvalue weighted by Crippen LogP contribution is -2.46. The molecule has 0 saturated carbocycles. The maximum atomic E-state index is 12.4. The van der Waals surface area contributed by atoms with E-state index in [4.69, 9.17) is 14.2 Å². The molecule has 0 unspecified atom stereocenters. The van der Waals surface area contributed by atoms with Crippen LogP contribution in [0, 0.1) is 0 Å². The van der Waals surface area contributed by atoms with Gasteiger partial charge >= 0.3 is 6.09 Å². The van der Waals surface area contributed by atoms with Gasteiger partial charge in [-0.15, -0.1) is 0 Å². The minimum atomic E-state index is -0.256. The summed E-state index contributed by atoms with van der Waals surface area (Å²) in [7, 11) is 0. The Morgan fingerprint density at radius 3 is 2.76 bits per heavy atom. The lowest BCUT2D eigenvalue weighted by atomic mass is 10.0. The van der Waals surface area contributed by atoms with Crippen molar-refractivity contribution in [2.75, 3.05) is 26.5 Å². The van der Waals surface area contributed by atoms with Crippen molar-refractivity contribution in [3.05, 3.63) is 23.8 Å². The number of nitrogens with one attached hydrogen (secondary N) is 1. The van der Waals surface area contributed by atoms with Crippen LogP contribution in [0.5, 0.6) is 11.5 Å². The zero-order valence-electron chi connectivity index (χ0n) is 14.5. The van der Waals surface area contributed by atoms with Crippen molar-refractivity contribution in [1.82, 2.24) is 10.2 Å². The van der Waals surface area contributed by atoms with Crippen LogP contribution >= 0.6 is 0 Å². The fourth-order valence-electron chi connectivity index (χ4n) is 2.91. The van der Waals surface area contributed by atoms with Crippen molar-refractivity contribution in [2.24, 2.45) is 0 Å². The smallest absolute Gasteiger partial charge is 0.409 e. The second-order valence-electron chi connectivity index (χ2n) is 6.27. The molecular weight excluding hydrogens is 324 g/mol. The number of unbranched alkanes of at least 4 members (excludes halogenated alkanes) is 1. The first kappa shape index (κ1) is 17.4. The van der Waals surface area contributed by atoms with E-state index in [0.29, 0.717) is 36.8 Å². The van der Waals surface area contributed by atoms with Gasteiger partial charge in [-0.3, -0.25) is 4.79 Å². The second-order valence-corrected chi connectivity index (χ2v) is 6.27. The molecule has 7 nitrogen and oxygen atoms in total. The summed E-state index contributed by atoms with van der Waals surface area (Å²) in [5.74, 6) is 1.12. The number of hydrogen-bond acceptors (Lipinski definition) is 5. The molecule has 2 amide bonds. The molecule has 2 heterocycles. The molecule has 3 rings (SSSR count). The number of likely N-dealkylation sites (tertiary alicyclic amines) is 1. The maximum Gasteiger partial charge on any atom is 0.409 e. The van der Waals surface area contributed by atoms with Gasteiger partial charge in [0.2, 0.25) is 6.79 Å². The zero-order valence-corrected chi connectivity index (χ0v) is 14.5. The average molecular weight is 348 g/mol. The molecule has 1 saturated heterocycles. The quantitative estimate of drug-likeness (QED) is 0.828. The molecule has 0 bridgehead atoms. The summed E-state index contributed by atoms with van der Waals surface area (Å²) in [6, 6.07) is 5.21. The Kier molecular flexibility index (Phi) is 5.63. The molecule has 0 spiro atoms. The van der Waals surface area contributed by atoms with Gasteiger partial charge in [-0.2, -0.15) is 0 Å². The summed E-state index contributed by atoms with van der Waals surface area (Å²) in [5, 5.41) is 3.02. The topological polar surface area (TPSA) is 77.1 Å². The standard InChI is InChI=1S/C18H24N2O5/c1-2-3-10-23-18(22)20-8-6-14(7-9-20)19-17(21)13-4-5-15-16(11-13)25-12-24-15/h4-5,11,14H,2-3,6-10,12H2,1H3,(H,19,21). The third-order valence-corrected chi connectivity index (χ3v) is 4.45. The number of carbonyl (C=O) groups is 2. The molecule has 0 aliphatic carbocycles. The molecule has 1 aromatic carbocycles. The SMILES string of the molecule is CCCCOC(=O)N1CCC(NC(=O)c2ccc3c(c2)OCO3)CC1. The number of ether oxygens (including phenoxy) is 3. The third-order valence-electron chi connectivity index (χ3n) is 4.45. The van der Waals surface area contributed by atoms with E-state index in [1.807, 2.05) is 0 Å². The Hall–Kier alpha value is -2.44. The number of carbonyl (C=O) groups excluding carboxylic acids is 2. The maximum absolute atomic E-state index is 12.4. The molecule has 1 N–H and O–H groups in total. The van der Waals surface area contributed by atoms with Crippen molar-refractivity contribution < 1.29 is 23.8 Å². The van der Waals surface area contributed by atoms with Crippen LogP contribution < -0.4 is 14.8 Å². The summed E-state index contributed by atoms with van der Waals surface area (Å²) >= 11 is 0. The highest BCUT2D eigenvalue weighted by atomic mass is 16.7. The largest absolute Gasteiger partial charge is 0.454 e. The molecular formula is C18H24N2O5. The van der Waals surface area contributed by atoms with Crippen molar-refractivity contribution in [3.63, 3.8) is 0 Å². The van der Waals surface area contributed by atoms with Gasteiger partial charge in [0.05, 0.1) is 6.61 Å². The van der Waals surface area contributed by atoms with Gasteiger partial charge in [-0.05, 0) is 37.5 Å². The van der Waals surface area contributed by atoms with E-state index < -0.39 is 0 Å². The van der Waals surface area contributed by atoms with Crippen LogP contribution in [0.1, 0.15) is 43.0 Å². The first-order valence-electron chi connectivity index (χ1n) is 8.79. The molecule has 0 aromatic heterocycles. The summed E-state index contributed by atoms with van der Waals surface area (Å²) in [5.41, 5.74) is 0.547. The number of amides is 2. The molecule has 2 aliphatic rings. The van der Waals surface area contributed by atoms with E-state index in [9.17, 15) is 9.59 Å². The van der Waals surface area contributed by atoms with Gasteiger partial charge in [-0.25, -0.2) is 4.79 Å². The van der Waals surface area contributed by atoms with Gasteiger partial charge in [0.15, 0.2) is 11.5 Å². The summed E-state index contributed by atoms with van der Waals surface area (Å²) < 4.78 is 15.8. The van der Waals surface area contributed by atoms with Gasteiger partial charge in [0, 0.05) is 24.7 Å². The predicted molar refractivity (Wildman–Crippen MR) is 90.9 cm³/mol. The zero-order chi connectivity index (χ0) is 17.6. The van der Waals surface area contributed by atoms with Gasteiger partial charge < -0.3 is 24.4 Å². The van der Waals surface area contributed by atoms with Crippen LogP contribution in [-0.2, 0) is 4.74 Å². The van der Waals surface area contributed by atoms with Gasteiger partial charge in [0.25, 0.3) is 5.91 Å². The number of rotatable bonds is 5. The number of nitrogens with zero attached hydrogens (tertiary/aromatic N) is 1. The minimum absolute atomic E-state index is 0.0533. The minimum Gasteiger partial charge on any atom is -0.454 e. The molecule has 2 aliphatic heterocycles. The fraction of sp³-hybridized carbons (Fsp3) is 0.556. The molecule has 0 radical (unpaired) electrons. The van der Waals surface area contributed by atoms with Crippen molar-refractivity contribution in [3.8, 4) is 11.5 Å². The molecule has 1 aromatic rings. The van der Waals surface area contributed by atoms with Crippen molar-refractivity contribution in [1.29, 1.82) is 0 Å². The first-order chi connectivity index (χ1) is 12.2. The summed E-state index contributed by atoms with van der Waals surface area (Å²) in [6.45, 7) is 3.90. The van der Waals surface area contributed by atoms with E-state index >= 15 is 0 Å². The molecule has 136 valence electrons. The Bertz CT molecular complexity index is 626. The second kappa shape index (κ2) is 8.09. The van der Waals surface area contributed by atoms with Crippen LogP contribution in [0.2, 0.25) is 0 Å². The highest BCUT2D eigenvalue weighted by molar-refractivity contribution is 5.95. The highest BCUT2D eigenvalue weighted by Crippen LogP contribution is 2.32. The monoisotopic (exact) mass is 348 g/mol. The Labute approximate surface area is 147 Å². The van der Waals surface area contributed by atoms with E-state index in [1.165, 1.54) is 0 Å². The van der Waals surface area contributed by atoms with Gasteiger partial charge in [0.1, 0.15) is 0 Å². The molecule has 25 heavy (non-hydrogen) atoms. The number of fused-ring (bicyclic) bond motifs is 1. The number of hydrogen-bond donors (Lipinski definition) is 1. The van der Waals surface area contributed by atoms with Crippen LogP contribution in [0.3, 0.4) is 0 Å². The van der Waals surface area contributed by atoms with Crippen LogP contribution in [-0.4, -0.2) is 49.4 Å². The first-order valence-corrected chi connectivity index (χ1v) is 8.79. The Morgan fingerprint density at radius 2 is 2.00 bits per heavy atom. The lowest BCUT2D eigenvalue weighted by molar-refractivity contribution is 0.0836. The van der Waals surface area contributed by atoms with E-state index in [1.54, 1.807) is 23.1 Å². The van der Waals surface area contributed by atoms with Gasteiger partial charge in [-0.1, -0.05) is 13.3 Å². The molecule has 1 fully saturated rings. The average Bonchev–Trinajstić information content (AvgIpc) is 3.10. The molecule has 7 heteroatoms. The Morgan fingerprint density at radius 1 is 1.24 bits per heavy atom.